The normalized spacial score (nSPS) is 10.2. The SMILES string of the molecule is CSc1cccc(Nc2nc(Cl)ncc2N)c1. The summed E-state index contributed by atoms with van der Waals surface area (Å²) in [6, 6.07) is 7.95. The molecule has 0 saturated heterocycles. The Bertz CT molecular complexity index is 533. The van der Waals surface area contributed by atoms with E-state index in [1.54, 1.807) is 11.8 Å². The molecule has 0 amide bonds. The van der Waals surface area contributed by atoms with Crippen LogP contribution in [-0.2, 0) is 0 Å². The van der Waals surface area contributed by atoms with Gasteiger partial charge in [0.2, 0.25) is 5.28 Å². The van der Waals surface area contributed by atoms with Crippen molar-refractivity contribution in [3.8, 4) is 0 Å². The monoisotopic (exact) mass is 266 g/mol. The van der Waals surface area contributed by atoms with Crippen LogP contribution in [-0.4, -0.2) is 16.2 Å². The minimum Gasteiger partial charge on any atom is -0.394 e. The van der Waals surface area contributed by atoms with E-state index in [2.05, 4.69) is 15.3 Å². The van der Waals surface area contributed by atoms with Crippen LogP contribution in [0, 0.1) is 0 Å². The van der Waals surface area contributed by atoms with Gasteiger partial charge < -0.3 is 11.1 Å². The van der Waals surface area contributed by atoms with Crippen LogP contribution in [0.15, 0.2) is 35.4 Å². The van der Waals surface area contributed by atoms with Gasteiger partial charge in [-0.2, -0.15) is 4.98 Å². The number of benzene rings is 1. The maximum atomic E-state index is 5.76. The van der Waals surface area contributed by atoms with E-state index in [4.69, 9.17) is 17.3 Å². The van der Waals surface area contributed by atoms with E-state index in [1.165, 1.54) is 6.20 Å². The topological polar surface area (TPSA) is 63.8 Å². The van der Waals surface area contributed by atoms with Crippen LogP contribution in [0.4, 0.5) is 17.2 Å². The minimum atomic E-state index is 0.169. The Hall–Kier alpha value is -1.46. The number of nitrogens with two attached hydrogens (primary N) is 1. The van der Waals surface area contributed by atoms with Gasteiger partial charge in [-0.1, -0.05) is 6.07 Å². The van der Waals surface area contributed by atoms with Crippen LogP contribution in [0.3, 0.4) is 0 Å². The van der Waals surface area contributed by atoms with Crippen molar-refractivity contribution < 1.29 is 0 Å². The molecule has 4 nitrogen and oxygen atoms in total. The molecule has 1 aromatic carbocycles. The highest BCUT2D eigenvalue weighted by molar-refractivity contribution is 7.98. The summed E-state index contributed by atoms with van der Waals surface area (Å²) in [6.07, 6.45) is 3.51. The molecule has 3 N–H and O–H groups in total. The second-order valence-electron chi connectivity index (χ2n) is 3.30. The average molecular weight is 267 g/mol. The molecule has 0 bridgehead atoms. The summed E-state index contributed by atoms with van der Waals surface area (Å²) in [6.45, 7) is 0. The molecule has 0 radical (unpaired) electrons. The largest absolute Gasteiger partial charge is 0.394 e. The first kappa shape index (κ1) is 12.0. The molecule has 0 aliphatic rings. The van der Waals surface area contributed by atoms with Gasteiger partial charge >= 0.3 is 0 Å². The van der Waals surface area contributed by atoms with Crippen molar-refractivity contribution in [2.75, 3.05) is 17.3 Å². The van der Waals surface area contributed by atoms with Gasteiger partial charge in [0.1, 0.15) is 0 Å². The number of rotatable bonds is 3. The standard InChI is InChI=1S/C11H11ClN4S/c1-17-8-4-2-3-7(5-8)15-10-9(13)6-14-11(12)16-10/h2-6H,13H2,1H3,(H,14,15,16). The summed E-state index contributed by atoms with van der Waals surface area (Å²) in [5, 5.41) is 3.28. The van der Waals surface area contributed by atoms with Crippen LogP contribution in [0.2, 0.25) is 5.28 Å². The van der Waals surface area contributed by atoms with Gasteiger partial charge in [-0.25, -0.2) is 4.98 Å². The molecular weight excluding hydrogens is 256 g/mol. The number of nitrogens with zero attached hydrogens (tertiary/aromatic N) is 2. The number of nitrogen functional groups attached to an aromatic ring is 1. The Morgan fingerprint density at radius 2 is 2.24 bits per heavy atom. The lowest BCUT2D eigenvalue weighted by Gasteiger charge is -2.08. The number of aromatic nitrogens is 2. The van der Waals surface area contributed by atoms with Gasteiger partial charge in [0.05, 0.1) is 11.9 Å². The molecule has 0 aliphatic heterocycles. The molecule has 1 aromatic heterocycles. The van der Waals surface area contributed by atoms with Crippen molar-refractivity contribution in [2.45, 2.75) is 4.90 Å². The zero-order valence-electron chi connectivity index (χ0n) is 9.14. The molecule has 1 heterocycles. The number of thioether (sulfide) groups is 1. The second kappa shape index (κ2) is 5.25. The third-order valence-electron chi connectivity index (χ3n) is 2.12. The fourth-order valence-electron chi connectivity index (χ4n) is 1.31. The van der Waals surface area contributed by atoms with Crippen LogP contribution in [0.1, 0.15) is 0 Å². The van der Waals surface area contributed by atoms with Crippen molar-refractivity contribution in [1.29, 1.82) is 0 Å². The highest BCUT2D eigenvalue weighted by Crippen LogP contribution is 2.24. The van der Waals surface area contributed by atoms with E-state index >= 15 is 0 Å². The Morgan fingerprint density at radius 3 is 3.00 bits per heavy atom. The highest BCUT2D eigenvalue weighted by Gasteiger charge is 2.03. The zero-order valence-corrected chi connectivity index (χ0v) is 10.7. The molecule has 88 valence electrons. The number of halogens is 1. The summed E-state index contributed by atoms with van der Waals surface area (Å²) in [7, 11) is 0. The quantitative estimate of drug-likeness (QED) is 0.660. The average Bonchev–Trinajstić information content (AvgIpc) is 2.34. The van der Waals surface area contributed by atoms with Crippen molar-refractivity contribution >= 4 is 40.6 Å². The zero-order chi connectivity index (χ0) is 12.3. The first-order valence-corrected chi connectivity index (χ1v) is 6.48. The Labute approximate surface area is 109 Å². The molecule has 0 unspecified atom stereocenters. The lowest BCUT2D eigenvalue weighted by molar-refractivity contribution is 1.17. The molecule has 6 heteroatoms. The van der Waals surface area contributed by atoms with Gasteiger partial charge in [0.15, 0.2) is 5.82 Å². The summed E-state index contributed by atoms with van der Waals surface area (Å²) >= 11 is 7.39. The maximum Gasteiger partial charge on any atom is 0.224 e. The first-order valence-electron chi connectivity index (χ1n) is 4.88. The van der Waals surface area contributed by atoms with Crippen molar-refractivity contribution in [3.63, 3.8) is 0 Å². The van der Waals surface area contributed by atoms with Gasteiger partial charge in [0.25, 0.3) is 0 Å². The Morgan fingerprint density at radius 1 is 1.41 bits per heavy atom. The molecular formula is C11H11ClN4S. The van der Waals surface area contributed by atoms with Crippen LogP contribution in [0.5, 0.6) is 0 Å². The predicted molar refractivity (Wildman–Crippen MR) is 73.0 cm³/mol. The number of anilines is 3. The number of nitrogens with one attached hydrogen (secondary N) is 1. The summed E-state index contributed by atoms with van der Waals surface area (Å²) in [4.78, 5) is 9.00. The molecule has 2 aromatic rings. The van der Waals surface area contributed by atoms with Crippen molar-refractivity contribution in [3.05, 3.63) is 35.7 Å². The van der Waals surface area contributed by atoms with Crippen LogP contribution < -0.4 is 11.1 Å². The molecule has 0 aliphatic carbocycles. The maximum absolute atomic E-state index is 5.76. The summed E-state index contributed by atoms with van der Waals surface area (Å²) in [5.74, 6) is 0.517. The van der Waals surface area contributed by atoms with Gasteiger partial charge in [0, 0.05) is 10.6 Å². The lowest BCUT2D eigenvalue weighted by Crippen LogP contribution is -2.00. The third-order valence-corrected chi connectivity index (χ3v) is 3.03. The fraction of sp³-hybridized carbons (Fsp3) is 0.0909. The number of hydrogen-bond acceptors (Lipinski definition) is 5. The number of hydrogen-bond donors (Lipinski definition) is 2. The highest BCUT2D eigenvalue weighted by atomic mass is 35.5. The van der Waals surface area contributed by atoms with Crippen LogP contribution >= 0.6 is 23.4 Å². The second-order valence-corrected chi connectivity index (χ2v) is 4.52. The van der Waals surface area contributed by atoms with E-state index in [1.807, 2.05) is 30.5 Å². The third kappa shape index (κ3) is 3.01. The summed E-state index contributed by atoms with van der Waals surface area (Å²) in [5.41, 5.74) is 7.13. The van der Waals surface area contributed by atoms with Gasteiger partial charge in [-0.15, -0.1) is 11.8 Å². The Kier molecular flexibility index (Phi) is 3.71. The predicted octanol–water partition coefficient (Wildman–Crippen LogP) is 3.18. The lowest BCUT2D eigenvalue weighted by atomic mass is 10.3. The van der Waals surface area contributed by atoms with Crippen molar-refractivity contribution in [1.82, 2.24) is 9.97 Å². The van der Waals surface area contributed by atoms with E-state index in [9.17, 15) is 0 Å². The molecule has 2 rings (SSSR count). The fourth-order valence-corrected chi connectivity index (χ4v) is 1.90. The van der Waals surface area contributed by atoms with E-state index in [-0.39, 0.29) is 5.28 Å². The van der Waals surface area contributed by atoms with E-state index < -0.39 is 0 Å². The molecule has 0 spiro atoms. The van der Waals surface area contributed by atoms with E-state index in [0.717, 1.165) is 10.6 Å². The van der Waals surface area contributed by atoms with Gasteiger partial charge in [-0.3, -0.25) is 0 Å². The van der Waals surface area contributed by atoms with Crippen LogP contribution in [0.25, 0.3) is 0 Å². The van der Waals surface area contributed by atoms with Gasteiger partial charge in [-0.05, 0) is 36.1 Å². The Balaban J connectivity index is 2.27. The molecule has 17 heavy (non-hydrogen) atoms. The molecule has 0 atom stereocenters. The molecule has 0 fully saturated rings. The minimum absolute atomic E-state index is 0.169. The summed E-state index contributed by atoms with van der Waals surface area (Å²) < 4.78 is 0. The first-order chi connectivity index (χ1) is 8.19. The smallest absolute Gasteiger partial charge is 0.224 e. The van der Waals surface area contributed by atoms with Crippen molar-refractivity contribution in [2.24, 2.45) is 0 Å². The molecule has 0 saturated carbocycles. The van der Waals surface area contributed by atoms with E-state index in [0.29, 0.717) is 11.5 Å².